The van der Waals surface area contributed by atoms with Crippen molar-refractivity contribution in [1.82, 2.24) is 15.1 Å². The number of likely N-dealkylation sites (tertiary alicyclic amines) is 1. The van der Waals surface area contributed by atoms with Crippen LogP contribution in [-0.2, 0) is 9.59 Å². The minimum absolute atomic E-state index is 0.00507. The first-order valence-electron chi connectivity index (χ1n) is 6.82. The summed E-state index contributed by atoms with van der Waals surface area (Å²) in [6, 6.07) is -1.75. The van der Waals surface area contributed by atoms with Gasteiger partial charge in [0.1, 0.15) is 12.1 Å². The van der Waals surface area contributed by atoms with Gasteiger partial charge in [0, 0.05) is 19.6 Å². The van der Waals surface area contributed by atoms with Crippen LogP contribution in [0.25, 0.3) is 0 Å². The van der Waals surface area contributed by atoms with Gasteiger partial charge in [-0.05, 0) is 33.6 Å². The highest BCUT2D eigenvalue weighted by Crippen LogP contribution is 2.20. The number of nitrogens with zero attached hydrogens (tertiary/aromatic N) is 2. The molecule has 1 aliphatic heterocycles. The first-order chi connectivity index (χ1) is 9.25. The standard InChI is InChI=1S/C13H23N3O4/c1-8(2)14-13(20)16-7-5-6-10(16)11(17)15(4)9(3)12(18)19/h8-10H,5-7H2,1-4H3,(H,14,20)(H,18,19)/t9?,10-/m0/s1. The molecule has 0 bridgehead atoms. The van der Waals surface area contributed by atoms with Crippen LogP contribution in [0.15, 0.2) is 0 Å². The van der Waals surface area contributed by atoms with E-state index in [0.29, 0.717) is 13.0 Å². The van der Waals surface area contributed by atoms with Crippen LogP contribution in [0.2, 0.25) is 0 Å². The summed E-state index contributed by atoms with van der Waals surface area (Å²) in [5.41, 5.74) is 0. The Morgan fingerprint density at radius 3 is 2.40 bits per heavy atom. The van der Waals surface area contributed by atoms with Gasteiger partial charge in [-0.2, -0.15) is 0 Å². The van der Waals surface area contributed by atoms with E-state index in [0.717, 1.165) is 6.42 Å². The van der Waals surface area contributed by atoms with Crippen molar-refractivity contribution >= 4 is 17.9 Å². The third-order valence-corrected chi connectivity index (χ3v) is 3.50. The zero-order valence-electron chi connectivity index (χ0n) is 12.4. The number of carbonyl (C=O) groups is 3. The Kier molecular flexibility index (Phi) is 5.35. The summed E-state index contributed by atoms with van der Waals surface area (Å²) in [4.78, 5) is 38.0. The molecule has 0 aromatic carbocycles. The summed E-state index contributed by atoms with van der Waals surface area (Å²) in [5.74, 6) is -1.38. The highest BCUT2D eigenvalue weighted by Gasteiger charge is 2.37. The van der Waals surface area contributed by atoms with Gasteiger partial charge in [-0.15, -0.1) is 0 Å². The van der Waals surface area contributed by atoms with Gasteiger partial charge in [0.25, 0.3) is 0 Å². The van der Waals surface area contributed by atoms with Crippen molar-refractivity contribution in [2.45, 2.75) is 51.7 Å². The van der Waals surface area contributed by atoms with Gasteiger partial charge in [0.15, 0.2) is 0 Å². The van der Waals surface area contributed by atoms with Crippen LogP contribution in [0.1, 0.15) is 33.6 Å². The highest BCUT2D eigenvalue weighted by atomic mass is 16.4. The molecule has 3 amide bonds. The van der Waals surface area contributed by atoms with Gasteiger partial charge in [-0.3, -0.25) is 4.79 Å². The van der Waals surface area contributed by atoms with E-state index in [4.69, 9.17) is 5.11 Å². The molecule has 0 aromatic heterocycles. The topological polar surface area (TPSA) is 90.0 Å². The maximum absolute atomic E-state index is 12.3. The molecule has 0 aliphatic carbocycles. The molecule has 2 N–H and O–H groups in total. The molecular formula is C13H23N3O4. The second kappa shape index (κ2) is 6.58. The highest BCUT2D eigenvalue weighted by molar-refractivity contribution is 5.90. The normalized spacial score (nSPS) is 19.9. The summed E-state index contributed by atoms with van der Waals surface area (Å²) < 4.78 is 0. The minimum Gasteiger partial charge on any atom is -0.480 e. The lowest BCUT2D eigenvalue weighted by Gasteiger charge is -2.30. The average Bonchev–Trinajstić information content (AvgIpc) is 2.84. The number of carboxylic acid groups (broad SMARTS) is 1. The summed E-state index contributed by atoms with van der Waals surface area (Å²) in [5, 5.41) is 11.7. The van der Waals surface area contributed by atoms with Crippen molar-refractivity contribution in [3.8, 4) is 0 Å². The Morgan fingerprint density at radius 2 is 1.90 bits per heavy atom. The van der Waals surface area contributed by atoms with E-state index >= 15 is 0 Å². The van der Waals surface area contributed by atoms with E-state index in [1.165, 1.54) is 23.8 Å². The van der Waals surface area contributed by atoms with Crippen LogP contribution in [0.3, 0.4) is 0 Å². The first-order valence-corrected chi connectivity index (χ1v) is 6.82. The van der Waals surface area contributed by atoms with Crippen LogP contribution in [-0.4, -0.2) is 64.5 Å². The lowest BCUT2D eigenvalue weighted by molar-refractivity contribution is -0.149. The molecule has 0 saturated carbocycles. The molecule has 0 radical (unpaired) electrons. The molecule has 1 unspecified atom stereocenters. The summed E-state index contributed by atoms with van der Waals surface area (Å²) >= 11 is 0. The number of nitrogens with one attached hydrogen (secondary N) is 1. The maximum atomic E-state index is 12.3. The Labute approximate surface area is 118 Å². The molecule has 114 valence electrons. The molecule has 0 aromatic rings. The van der Waals surface area contributed by atoms with Crippen molar-refractivity contribution in [2.75, 3.05) is 13.6 Å². The van der Waals surface area contributed by atoms with E-state index in [2.05, 4.69) is 5.32 Å². The largest absolute Gasteiger partial charge is 0.480 e. The molecule has 1 fully saturated rings. The molecule has 1 aliphatic rings. The van der Waals surface area contributed by atoms with Crippen LogP contribution in [0.5, 0.6) is 0 Å². The van der Waals surface area contributed by atoms with Gasteiger partial charge in [-0.25, -0.2) is 9.59 Å². The fourth-order valence-electron chi connectivity index (χ4n) is 2.19. The summed E-state index contributed by atoms with van der Waals surface area (Å²) in [6.07, 6.45) is 1.32. The first kappa shape index (κ1) is 16.3. The van der Waals surface area contributed by atoms with Crippen LogP contribution >= 0.6 is 0 Å². The van der Waals surface area contributed by atoms with Gasteiger partial charge in [-0.1, -0.05) is 0 Å². The van der Waals surface area contributed by atoms with Gasteiger partial charge in [0.2, 0.25) is 5.91 Å². The minimum atomic E-state index is -1.06. The van der Waals surface area contributed by atoms with Crippen LogP contribution < -0.4 is 5.32 Å². The second-order valence-electron chi connectivity index (χ2n) is 5.42. The fourth-order valence-corrected chi connectivity index (χ4v) is 2.19. The van der Waals surface area contributed by atoms with Gasteiger partial charge < -0.3 is 20.2 Å². The smallest absolute Gasteiger partial charge is 0.326 e. The predicted octanol–water partition coefficient (Wildman–Crippen LogP) is 0.500. The number of carbonyl (C=O) groups excluding carboxylic acids is 2. The summed E-state index contributed by atoms with van der Waals surface area (Å²) in [7, 11) is 1.46. The van der Waals surface area contributed by atoms with Crippen LogP contribution in [0, 0.1) is 0 Å². The van der Waals surface area contributed by atoms with Crippen molar-refractivity contribution in [3.05, 3.63) is 0 Å². The molecule has 7 nitrogen and oxygen atoms in total. The Morgan fingerprint density at radius 1 is 1.30 bits per heavy atom. The monoisotopic (exact) mass is 285 g/mol. The predicted molar refractivity (Wildman–Crippen MR) is 73.3 cm³/mol. The maximum Gasteiger partial charge on any atom is 0.326 e. The third-order valence-electron chi connectivity index (χ3n) is 3.50. The Bertz CT molecular complexity index is 397. The number of urea groups is 1. The van der Waals surface area contributed by atoms with E-state index in [-0.39, 0.29) is 18.0 Å². The summed E-state index contributed by atoms with van der Waals surface area (Å²) in [6.45, 7) is 5.67. The number of aliphatic carboxylic acids is 1. The van der Waals surface area contributed by atoms with E-state index < -0.39 is 18.1 Å². The Balaban J connectivity index is 2.76. The van der Waals surface area contributed by atoms with E-state index in [9.17, 15) is 14.4 Å². The number of likely N-dealkylation sites (N-methyl/N-ethyl adjacent to an activating group) is 1. The number of amides is 3. The number of carboxylic acids is 1. The van der Waals surface area contributed by atoms with Crippen molar-refractivity contribution in [1.29, 1.82) is 0 Å². The molecule has 2 atom stereocenters. The quantitative estimate of drug-likeness (QED) is 0.787. The molecule has 7 heteroatoms. The third kappa shape index (κ3) is 3.61. The molecular weight excluding hydrogens is 262 g/mol. The lowest BCUT2D eigenvalue weighted by atomic mass is 10.1. The lowest BCUT2D eigenvalue weighted by Crippen LogP contribution is -2.53. The number of rotatable bonds is 4. The number of hydrogen-bond acceptors (Lipinski definition) is 3. The molecule has 1 rings (SSSR count). The van der Waals surface area contributed by atoms with Gasteiger partial charge in [0.05, 0.1) is 0 Å². The second-order valence-corrected chi connectivity index (χ2v) is 5.42. The molecule has 1 saturated heterocycles. The zero-order chi connectivity index (χ0) is 15.4. The average molecular weight is 285 g/mol. The SMILES string of the molecule is CC(C)NC(=O)N1CCC[C@H]1C(=O)N(C)C(C)C(=O)O. The van der Waals surface area contributed by atoms with E-state index in [1.807, 2.05) is 13.8 Å². The van der Waals surface area contributed by atoms with Crippen molar-refractivity contribution in [3.63, 3.8) is 0 Å². The molecule has 1 heterocycles. The van der Waals surface area contributed by atoms with Crippen molar-refractivity contribution in [2.24, 2.45) is 0 Å². The zero-order valence-corrected chi connectivity index (χ0v) is 12.4. The molecule has 0 spiro atoms. The van der Waals surface area contributed by atoms with E-state index in [1.54, 1.807) is 0 Å². The van der Waals surface area contributed by atoms with Crippen molar-refractivity contribution < 1.29 is 19.5 Å². The Hall–Kier alpha value is -1.79. The fraction of sp³-hybridized carbons (Fsp3) is 0.769. The molecule has 20 heavy (non-hydrogen) atoms. The van der Waals surface area contributed by atoms with Gasteiger partial charge >= 0.3 is 12.0 Å². The number of hydrogen-bond donors (Lipinski definition) is 2. The van der Waals surface area contributed by atoms with Crippen LogP contribution in [0.4, 0.5) is 4.79 Å².